The van der Waals surface area contributed by atoms with Crippen LogP contribution in [0.1, 0.15) is 51.0 Å². The first-order valence-electron chi connectivity index (χ1n) is 8.90. The Labute approximate surface area is 157 Å². The molecule has 2 N–H and O–H groups in total. The van der Waals surface area contributed by atoms with Crippen molar-refractivity contribution < 1.29 is 0 Å². The highest BCUT2D eigenvalue weighted by molar-refractivity contribution is 9.10. The zero-order chi connectivity index (χ0) is 16.7. The van der Waals surface area contributed by atoms with Crippen molar-refractivity contribution in [3.8, 4) is 0 Å². The second kappa shape index (κ2) is 6.41. The van der Waals surface area contributed by atoms with Gasteiger partial charge in [-0.05, 0) is 93.1 Å². The quantitative estimate of drug-likeness (QED) is 0.437. The van der Waals surface area contributed by atoms with Crippen molar-refractivity contribution in [1.82, 2.24) is 10.7 Å². The minimum absolute atomic E-state index is 0.236. The van der Waals surface area contributed by atoms with Crippen LogP contribution >= 0.6 is 28.1 Å². The summed E-state index contributed by atoms with van der Waals surface area (Å²) in [6, 6.07) is 8.17. The molecule has 128 valence electrons. The lowest BCUT2D eigenvalue weighted by molar-refractivity contribution is -0.0101. The number of rotatable bonds is 3. The van der Waals surface area contributed by atoms with Gasteiger partial charge in [-0.15, -0.1) is 0 Å². The largest absolute Gasteiger partial charge is 0.356 e. The lowest BCUT2D eigenvalue weighted by Gasteiger charge is -2.57. The number of nitrogens with zero attached hydrogens (tertiary/aromatic N) is 1. The lowest BCUT2D eigenvalue weighted by atomic mass is 9.53. The predicted molar refractivity (Wildman–Crippen MR) is 106 cm³/mol. The summed E-state index contributed by atoms with van der Waals surface area (Å²) in [4.78, 5) is 0. The van der Waals surface area contributed by atoms with Gasteiger partial charge in [0.1, 0.15) is 0 Å². The van der Waals surface area contributed by atoms with Gasteiger partial charge in [-0.3, -0.25) is 5.43 Å². The molecule has 0 saturated heterocycles. The van der Waals surface area contributed by atoms with Crippen molar-refractivity contribution in [1.29, 1.82) is 0 Å². The molecule has 0 aliphatic heterocycles. The highest BCUT2D eigenvalue weighted by atomic mass is 79.9. The molecule has 24 heavy (non-hydrogen) atoms. The van der Waals surface area contributed by atoms with E-state index < -0.39 is 0 Å². The summed E-state index contributed by atoms with van der Waals surface area (Å²) in [5.41, 5.74) is 5.35. The molecule has 0 aromatic heterocycles. The molecule has 3 nitrogen and oxygen atoms in total. The zero-order valence-corrected chi connectivity index (χ0v) is 16.4. The standard InChI is InChI=1S/C19H24BrN3S/c1-12(16-2-4-17(20)5-3-16)22-23-18(24)21-19-9-13-6-14(10-19)8-15(7-13)11-19/h2-5,13-15H,6-11H2,1H3,(H2,21,23,24)/b22-12+. The SMILES string of the molecule is C/C(=N\NC(=S)NC12CC3CC(CC(C3)C1)C2)c1ccc(Br)cc1. The van der Waals surface area contributed by atoms with Gasteiger partial charge < -0.3 is 5.32 Å². The van der Waals surface area contributed by atoms with Crippen LogP contribution in [0.4, 0.5) is 0 Å². The number of hydrogen-bond acceptors (Lipinski definition) is 2. The number of halogens is 1. The fourth-order valence-corrected chi connectivity index (χ4v) is 5.95. The maximum absolute atomic E-state index is 5.54. The summed E-state index contributed by atoms with van der Waals surface area (Å²) in [5, 5.41) is 8.79. The molecule has 0 atom stereocenters. The second-order valence-corrected chi connectivity index (χ2v) is 9.29. The van der Waals surface area contributed by atoms with E-state index in [0.717, 1.165) is 33.5 Å². The molecule has 4 bridgehead atoms. The van der Waals surface area contributed by atoms with Gasteiger partial charge in [-0.25, -0.2) is 0 Å². The average molecular weight is 406 g/mol. The number of hydrogen-bond donors (Lipinski definition) is 2. The van der Waals surface area contributed by atoms with Gasteiger partial charge in [-0.2, -0.15) is 5.10 Å². The van der Waals surface area contributed by atoms with E-state index in [1.807, 2.05) is 19.1 Å². The van der Waals surface area contributed by atoms with E-state index in [0.29, 0.717) is 5.11 Å². The van der Waals surface area contributed by atoms with Crippen LogP contribution in [0.15, 0.2) is 33.8 Å². The van der Waals surface area contributed by atoms with Gasteiger partial charge in [0.25, 0.3) is 0 Å². The Hall–Kier alpha value is -0.940. The Kier molecular flexibility index (Phi) is 4.42. The zero-order valence-electron chi connectivity index (χ0n) is 14.0. The summed E-state index contributed by atoms with van der Waals surface area (Å²) in [6.45, 7) is 2.00. The van der Waals surface area contributed by atoms with Crippen molar-refractivity contribution in [3.05, 3.63) is 34.3 Å². The molecule has 0 amide bonds. The van der Waals surface area contributed by atoms with Gasteiger partial charge in [0.05, 0.1) is 5.71 Å². The summed E-state index contributed by atoms with van der Waals surface area (Å²) in [5.74, 6) is 2.75. The number of nitrogens with one attached hydrogen (secondary N) is 2. The minimum Gasteiger partial charge on any atom is -0.356 e. The summed E-state index contributed by atoms with van der Waals surface area (Å²) < 4.78 is 1.08. The van der Waals surface area contributed by atoms with Crippen LogP contribution in [-0.4, -0.2) is 16.4 Å². The third-order valence-electron chi connectivity index (χ3n) is 6.00. The second-order valence-electron chi connectivity index (χ2n) is 7.97. The van der Waals surface area contributed by atoms with Crippen LogP contribution in [0.25, 0.3) is 0 Å². The van der Waals surface area contributed by atoms with E-state index in [-0.39, 0.29) is 5.54 Å². The van der Waals surface area contributed by atoms with Gasteiger partial charge in [0.2, 0.25) is 0 Å². The number of benzene rings is 1. The van der Waals surface area contributed by atoms with Crippen LogP contribution in [-0.2, 0) is 0 Å². The van der Waals surface area contributed by atoms with Gasteiger partial charge in [0.15, 0.2) is 5.11 Å². The topological polar surface area (TPSA) is 36.4 Å². The van der Waals surface area contributed by atoms with E-state index >= 15 is 0 Å². The Morgan fingerprint density at radius 1 is 1.08 bits per heavy atom. The van der Waals surface area contributed by atoms with Crippen LogP contribution in [0.5, 0.6) is 0 Å². The molecular weight excluding hydrogens is 382 g/mol. The minimum atomic E-state index is 0.236. The molecule has 4 fully saturated rings. The van der Waals surface area contributed by atoms with Crippen LogP contribution in [0.2, 0.25) is 0 Å². The third-order valence-corrected chi connectivity index (χ3v) is 6.73. The van der Waals surface area contributed by atoms with Crippen molar-refractivity contribution in [2.45, 2.75) is 51.0 Å². The smallest absolute Gasteiger partial charge is 0.187 e. The number of thiocarbonyl (C=S) groups is 1. The lowest BCUT2D eigenvalue weighted by Crippen LogP contribution is -2.61. The van der Waals surface area contributed by atoms with E-state index in [1.54, 1.807) is 0 Å². The Bertz CT molecular complexity index is 632. The molecule has 1 aromatic carbocycles. The van der Waals surface area contributed by atoms with Crippen molar-refractivity contribution in [3.63, 3.8) is 0 Å². The molecule has 4 aliphatic carbocycles. The van der Waals surface area contributed by atoms with Gasteiger partial charge >= 0.3 is 0 Å². The summed E-state index contributed by atoms with van der Waals surface area (Å²) in [6.07, 6.45) is 8.20. The molecule has 0 heterocycles. The van der Waals surface area contributed by atoms with E-state index in [4.69, 9.17) is 12.2 Å². The first kappa shape index (κ1) is 16.5. The fourth-order valence-electron chi connectivity index (χ4n) is 5.42. The van der Waals surface area contributed by atoms with E-state index in [9.17, 15) is 0 Å². The van der Waals surface area contributed by atoms with Gasteiger partial charge in [0, 0.05) is 10.0 Å². The number of hydrazone groups is 1. The Balaban J connectivity index is 1.38. The van der Waals surface area contributed by atoms with Crippen LogP contribution in [0, 0.1) is 17.8 Å². The van der Waals surface area contributed by atoms with Crippen molar-refractivity contribution >= 4 is 39.0 Å². The first-order chi connectivity index (χ1) is 11.5. The van der Waals surface area contributed by atoms with E-state index in [2.05, 4.69) is 43.9 Å². The Morgan fingerprint density at radius 2 is 1.62 bits per heavy atom. The molecule has 4 aliphatic rings. The predicted octanol–water partition coefficient (Wildman–Crippen LogP) is 4.61. The molecule has 1 aromatic rings. The van der Waals surface area contributed by atoms with Crippen LogP contribution in [0.3, 0.4) is 0 Å². The fraction of sp³-hybridized carbons (Fsp3) is 0.579. The molecule has 5 rings (SSSR count). The summed E-state index contributed by atoms with van der Waals surface area (Å²) in [7, 11) is 0. The molecule has 0 spiro atoms. The molecule has 4 saturated carbocycles. The molecular formula is C19H24BrN3S. The van der Waals surface area contributed by atoms with Crippen molar-refractivity contribution in [2.75, 3.05) is 0 Å². The molecule has 5 heteroatoms. The monoisotopic (exact) mass is 405 g/mol. The first-order valence-corrected chi connectivity index (χ1v) is 10.1. The maximum Gasteiger partial charge on any atom is 0.187 e. The third kappa shape index (κ3) is 3.38. The summed E-state index contributed by atoms with van der Waals surface area (Å²) >= 11 is 9.00. The highest BCUT2D eigenvalue weighted by Gasteiger charge is 2.51. The molecule has 0 unspecified atom stereocenters. The van der Waals surface area contributed by atoms with Gasteiger partial charge in [-0.1, -0.05) is 28.1 Å². The molecule has 0 radical (unpaired) electrons. The highest BCUT2D eigenvalue weighted by Crippen LogP contribution is 2.55. The average Bonchev–Trinajstić information content (AvgIpc) is 2.51. The normalized spacial score (nSPS) is 34.2. The maximum atomic E-state index is 5.54. The van der Waals surface area contributed by atoms with Crippen LogP contribution < -0.4 is 10.7 Å². The van der Waals surface area contributed by atoms with Crippen molar-refractivity contribution in [2.24, 2.45) is 22.9 Å². The Morgan fingerprint density at radius 3 is 2.17 bits per heavy atom. The van der Waals surface area contributed by atoms with E-state index in [1.165, 1.54) is 38.5 Å².